The van der Waals surface area contributed by atoms with E-state index in [9.17, 15) is 4.79 Å². The highest BCUT2D eigenvalue weighted by atomic mass is 16.1. The lowest BCUT2D eigenvalue weighted by molar-refractivity contribution is -0.117. The van der Waals surface area contributed by atoms with Crippen molar-refractivity contribution < 1.29 is 4.79 Å². The summed E-state index contributed by atoms with van der Waals surface area (Å²) in [6.45, 7) is 2.83. The predicted molar refractivity (Wildman–Crippen MR) is 81.3 cm³/mol. The normalized spacial score (nSPS) is 16.6. The van der Waals surface area contributed by atoms with Gasteiger partial charge >= 0.3 is 0 Å². The molecule has 0 aliphatic carbocycles. The van der Waals surface area contributed by atoms with Gasteiger partial charge in [0.1, 0.15) is 0 Å². The molecule has 1 aliphatic heterocycles. The summed E-state index contributed by atoms with van der Waals surface area (Å²) in [5, 5.41) is 3.53. The van der Waals surface area contributed by atoms with Crippen LogP contribution in [0, 0.1) is 12.3 Å². The Kier molecular flexibility index (Phi) is 5.03. The summed E-state index contributed by atoms with van der Waals surface area (Å²) in [6.07, 6.45) is 7.83. The zero-order valence-electron chi connectivity index (χ0n) is 11.6. The van der Waals surface area contributed by atoms with Gasteiger partial charge in [0.2, 0.25) is 5.91 Å². The minimum absolute atomic E-state index is 0.296. The maximum Gasteiger partial charge on any atom is 0.221 e. The number of nitrogens with two attached hydrogens (primary N) is 1. The predicted octanol–water partition coefficient (Wildman–Crippen LogP) is 1.22. The highest BCUT2D eigenvalue weighted by Crippen LogP contribution is 2.17. The maximum atomic E-state index is 10.8. The first-order valence-electron chi connectivity index (χ1n) is 6.97. The van der Waals surface area contributed by atoms with Crippen molar-refractivity contribution in [3.63, 3.8) is 0 Å². The molecular formula is C16H21N3O. The van der Waals surface area contributed by atoms with Crippen molar-refractivity contribution >= 4 is 11.6 Å². The van der Waals surface area contributed by atoms with Gasteiger partial charge in [-0.3, -0.25) is 9.69 Å². The van der Waals surface area contributed by atoms with Gasteiger partial charge in [0.15, 0.2) is 0 Å². The molecule has 2 rings (SSSR count). The number of primary amides is 1. The third-order valence-electron chi connectivity index (χ3n) is 3.61. The van der Waals surface area contributed by atoms with Crippen LogP contribution in [0.4, 0.5) is 5.69 Å². The van der Waals surface area contributed by atoms with E-state index in [1.54, 1.807) is 0 Å². The van der Waals surface area contributed by atoms with Crippen molar-refractivity contribution in [2.75, 3.05) is 25.0 Å². The van der Waals surface area contributed by atoms with Gasteiger partial charge in [-0.15, -0.1) is 6.42 Å². The molecule has 0 saturated carbocycles. The molecule has 1 fully saturated rings. The Bertz CT molecular complexity index is 481. The van der Waals surface area contributed by atoms with E-state index in [2.05, 4.69) is 16.1 Å². The molecule has 1 heterocycles. The minimum atomic E-state index is -0.299. The summed E-state index contributed by atoms with van der Waals surface area (Å²) < 4.78 is 0. The van der Waals surface area contributed by atoms with Crippen LogP contribution in [-0.2, 0) is 11.2 Å². The highest BCUT2D eigenvalue weighted by Gasteiger charge is 2.18. The summed E-state index contributed by atoms with van der Waals surface area (Å²) in [5.74, 6) is 2.39. The molecule has 0 spiro atoms. The lowest BCUT2D eigenvalue weighted by Crippen LogP contribution is -2.39. The number of rotatable bonds is 5. The molecule has 1 saturated heterocycles. The number of carbonyl (C=O) groups excluding carboxylic acids is 1. The Balaban J connectivity index is 1.82. The number of anilines is 1. The summed E-state index contributed by atoms with van der Waals surface area (Å²) >= 11 is 0. The van der Waals surface area contributed by atoms with Gasteiger partial charge in [0.25, 0.3) is 0 Å². The van der Waals surface area contributed by atoms with Crippen LogP contribution in [0.15, 0.2) is 24.3 Å². The summed E-state index contributed by atoms with van der Waals surface area (Å²) in [5.41, 5.74) is 7.22. The molecule has 1 aromatic rings. The molecule has 1 aromatic carbocycles. The number of nitrogens with zero attached hydrogens (tertiary/aromatic N) is 1. The van der Waals surface area contributed by atoms with Gasteiger partial charge in [-0.1, -0.05) is 18.1 Å². The Morgan fingerprint density at radius 3 is 2.55 bits per heavy atom. The van der Waals surface area contributed by atoms with Crippen molar-refractivity contribution in [1.29, 1.82) is 0 Å². The van der Waals surface area contributed by atoms with Crippen molar-refractivity contribution in [1.82, 2.24) is 4.90 Å². The largest absolute Gasteiger partial charge is 0.382 e. The van der Waals surface area contributed by atoms with Gasteiger partial charge in [-0.25, -0.2) is 0 Å². The van der Waals surface area contributed by atoms with Crippen LogP contribution < -0.4 is 11.1 Å². The Morgan fingerprint density at radius 2 is 2.00 bits per heavy atom. The highest BCUT2D eigenvalue weighted by molar-refractivity contribution is 5.76. The lowest BCUT2D eigenvalue weighted by atomic mass is 10.0. The standard InChI is InChI=1S/C16H21N3O/c1-2-9-19-10-7-15(8-11-19)18-14-5-3-13(4-6-14)12-16(17)20/h1,3-6,15,18H,7-12H2,(H2,17,20). The number of nitrogens with one attached hydrogen (secondary N) is 1. The lowest BCUT2D eigenvalue weighted by Gasteiger charge is -2.31. The number of carbonyl (C=O) groups is 1. The zero-order chi connectivity index (χ0) is 14.4. The van der Waals surface area contributed by atoms with E-state index < -0.39 is 0 Å². The molecule has 20 heavy (non-hydrogen) atoms. The molecule has 0 aromatic heterocycles. The second-order valence-corrected chi connectivity index (χ2v) is 5.24. The van der Waals surface area contributed by atoms with Gasteiger partial charge in [0.05, 0.1) is 13.0 Å². The first-order valence-corrected chi connectivity index (χ1v) is 6.97. The van der Waals surface area contributed by atoms with E-state index in [4.69, 9.17) is 12.2 Å². The van der Waals surface area contributed by atoms with Crippen LogP contribution in [0.2, 0.25) is 0 Å². The number of piperidine rings is 1. The fraction of sp³-hybridized carbons (Fsp3) is 0.438. The number of hydrogen-bond donors (Lipinski definition) is 2. The maximum absolute atomic E-state index is 10.8. The van der Waals surface area contributed by atoms with Gasteiger partial charge in [0, 0.05) is 24.8 Å². The monoisotopic (exact) mass is 271 g/mol. The molecule has 3 N–H and O–H groups in total. The molecule has 1 aliphatic rings. The molecular weight excluding hydrogens is 250 g/mol. The summed E-state index contributed by atoms with van der Waals surface area (Å²) in [4.78, 5) is 13.1. The number of benzene rings is 1. The molecule has 0 unspecified atom stereocenters. The van der Waals surface area contributed by atoms with Gasteiger partial charge in [-0.05, 0) is 30.5 Å². The Morgan fingerprint density at radius 1 is 1.35 bits per heavy atom. The van der Waals surface area contributed by atoms with E-state index in [1.807, 2.05) is 24.3 Å². The topological polar surface area (TPSA) is 58.4 Å². The van der Waals surface area contributed by atoms with Crippen molar-refractivity contribution in [2.45, 2.75) is 25.3 Å². The van der Waals surface area contributed by atoms with Crippen LogP contribution in [0.1, 0.15) is 18.4 Å². The second-order valence-electron chi connectivity index (χ2n) is 5.24. The van der Waals surface area contributed by atoms with Crippen LogP contribution in [0.25, 0.3) is 0 Å². The fourth-order valence-corrected chi connectivity index (χ4v) is 2.52. The number of terminal acetylenes is 1. The van der Waals surface area contributed by atoms with Crippen LogP contribution in [-0.4, -0.2) is 36.5 Å². The smallest absolute Gasteiger partial charge is 0.221 e. The molecule has 106 valence electrons. The van der Waals surface area contributed by atoms with E-state index in [0.29, 0.717) is 12.5 Å². The zero-order valence-corrected chi connectivity index (χ0v) is 11.6. The Hall–Kier alpha value is -1.99. The third-order valence-corrected chi connectivity index (χ3v) is 3.61. The Labute approximate surface area is 120 Å². The first kappa shape index (κ1) is 14.4. The van der Waals surface area contributed by atoms with Gasteiger partial charge in [-0.2, -0.15) is 0 Å². The average molecular weight is 271 g/mol. The number of hydrogen-bond acceptors (Lipinski definition) is 3. The van der Waals surface area contributed by atoms with Crippen molar-refractivity contribution in [3.8, 4) is 12.3 Å². The summed E-state index contributed by atoms with van der Waals surface area (Å²) in [7, 11) is 0. The molecule has 0 atom stereocenters. The molecule has 0 radical (unpaired) electrons. The van der Waals surface area contributed by atoms with E-state index in [1.165, 1.54) is 0 Å². The first-order chi connectivity index (χ1) is 9.67. The summed E-state index contributed by atoms with van der Waals surface area (Å²) in [6, 6.07) is 8.39. The average Bonchev–Trinajstić information content (AvgIpc) is 2.43. The number of amides is 1. The van der Waals surface area contributed by atoms with Crippen LogP contribution in [0.3, 0.4) is 0 Å². The quantitative estimate of drug-likeness (QED) is 0.792. The van der Waals surface area contributed by atoms with E-state index in [0.717, 1.165) is 43.7 Å². The number of likely N-dealkylation sites (tertiary alicyclic amines) is 1. The second kappa shape index (κ2) is 6.97. The SMILES string of the molecule is C#CCN1CCC(Nc2ccc(CC(N)=O)cc2)CC1. The molecule has 1 amide bonds. The van der Waals surface area contributed by atoms with Crippen LogP contribution in [0.5, 0.6) is 0 Å². The molecule has 0 bridgehead atoms. The molecule has 4 heteroatoms. The van der Waals surface area contributed by atoms with Gasteiger partial charge < -0.3 is 11.1 Å². The minimum Gasteiger partial charge on any atom is -0.382 e. The molecule has 4 nitrogen and oxygen atoms in total. The van der Waals surface area contributed by atoms with E-state index in [-0.39, 0.29) is 5.91 Å². The van der Waals surface area contributed by atoms with E-state index >= 15 is 0 Å². The van der Waals surface area contributed by atoms with Crippen molar-refractivity contribution in [2.24, 2.45) is 5.73 Å². The third kappa shape index (κ3) is 4.29. The fourth-order valence-electron chi connectivity index (χ4n) is 2.52. The van der Waals surface area contributed by atoms with Crippen molar-refractivity contribution in [3.05, 3.63) is 29.8 Å². The van der Waals surface area contributed by atoms with Crippen LogP contribution >= 0.6 is 0 Å².